The van der Waals surface area contributed by atoms with Crippen molar-refractivity contribution in [2.24, 2.45) is 0 Å². The molecule has 0 aliphatic carbocycles. The van der Waals surface area contributed by atoms with E-state index in [1.807, 2.05) is 75.4 Å². The second kappa shape index (κ2) is 10.3. The first-order valence-electron chi connectivity index (χ1n) is 10.8. The van der Waals surface area contributed by atoms with Gasteiger partial charge in [-0.05, 0) is 37.5 Å². The number of ether oxygens (including phenoxy) is 2. The lowest BCUT2D eigenvalue weighted by molar-refractivity contribution is 0.00219. The summed E-state index contributed by atoms with van der Waals surface area (Å²) in [7, 11) is 0. The Morgan fingerprint density at radius 1 is 0.844 bits per heavy atom. The molecule has 1 amide bonds. The van der Waals surface area contributed by atoms with Crippen molar-refractivity contribution < 1.29 is 14.3 Å². The normalized spacial score (nSPS) is 12.6. The van der Waals surface area contributed by atoms with Crippen LogP contribution >= 0.6 is 0 Å². The third-order valence-electron chi connectivity index (χ3n) is 5.01. The molecule has 0 radical (unpaired) electrons. The van der Waals surface area contributed by atoms with Crippen LogP contribution in [0.25, 0.3) is 0 Å². The Morgan fingerprint density at radius 3 is 1.59 bits per heavy atom. The average Bonchev–Trinajstić information content (AvgIpc) is 2.79. The van der Waals surface area contributed by atoms with Crippen LogP contribution in [0.15, 0.2) is 104 Å². The molecule has 4 heteroatoms. The quantitative estimate of drug-likeness (QED) is 0.349. The molecule has 3 aromatic rings. The topological polar surface area (TPSA) is 47.6 Å². The summed E-state index contributed by atoms with van der Waals surface area (Å²) in [6.45, 7) is 9.58. The Morgan fingerprint density at radius 2 is 1.25 bits per heavy atom. The third kappa shape index (κ3) is 5.65. The highest BCUT2D eigenvalue weighted by Gasteiger charge is 2.38. The van der Waals surface area contributed by atoms with Gasteiger partial charge in [0.1, 0.15) is 11.2 Å². The first-order chi connectivity index (χ1) is 15.3. The smallest absolute Gasteiger partial charge is 0.408 e. The maximum atomic E-state index is 12.3. The van der Waals surface area contributed by atoms with Crippen molar-refractivity contribution in [1.29, 1.82) is 0 Å². The van der Waals surface area contributed by atoms with Crippen molar-refractivity contribution in [3.05, 3.63) is 120 Å². The maximum absolute atomic E-state index is 12.3. The van der Waals surface area contributed by atoms with Crippen molar-refractivity contribution >= 4 is 6.09 Å². The molecule has 1 atom stereocenters. The summed E-state index contributed by atoms with van der Waals surface area (Å²) < 4.78 is 12.1. The summed E-state index contributed by atoms with van der Waals surface area (Å²) in [6, 6.07) is 29.9. The molecule has 0 fully saturated rings. The summed E-state index contributed by atoms with van der Waals surface area (Å²) in [4.78, 5) is 12.3. The molecule has 0 unspecified atom stereocenters. The minimum Gasteiger partial charge on any atom is -0.444 e. The predicted octanol–water partition coefficient (Wildman–Crippen LogP) is 6.07. The zero-order valence-corrected chi connectivity index (χ0v) is 19.0. The first-order valence-corrected chi connectivity index (χ1v) is 10.8. The van der Waals surface area contributed by atoms with E-state index in [2.05, 4.69) is 48.3 Å². The molecule has 0 saturated carbocycles. The van der Waals surface area contributed by atoms with Gasteiger partial charge in [-0.1, -0.05) is 97.1 Å². The van der Waals surface area contributed by atoms with Crippen LogP contribution in [-0.2, 0) is 15.1 Å². The van der Waals surface area contributed by atoms with Crippen molar-refractivity contribution in [2.45, 2.75) is 38.0 Å². The summed E-state index contributed by atoms with van der Waals surface area (Å²) in [5, 5.41) is 2.85. The monoisotopic (exact) mass is 429 g/mol. The van der Waals surface area contributed by atoms with E-state index in [0.717, 1.165) is 16.7 Å². The number of hydrogen-bond donors (Lipinski definition) is 1. The summed E-state index contributed by atoms with van der Waals surface area (Å²) in [5.74, 6) is 0. The van der Waals surface area contributed by atoms with E-state index in [9.17, 15) is 4.79 Å². The molecule has 3 aromatic carbocycles. The van der Waals surface area contributed by atoms with E-state index in [-0.39, 0.29) is 6.61 Å². The largest absolute Gasteiger partial charge is 0.444 e. The fourth-order valence-electron chi connectivity index (χ4n) is 3.61. The van der Waals surface area contributed by atoms with Gasteiger partial charge in [-0.25, -0.2) is 4.79 Å². The van der Waals surface area contributed by atoms with Crippen molar-refractivity contribution in [2.75, 3.05) is 6.61 Å². The minimum atomic E-state index is -0.860. The fraction of sp³-hybridized carbons (Fsp3) is 0.250. The van der Waals surface area contributed by atoms with Crippen LogP contribution in [0.4, 0.5) is 4.79 Å². The first kappa shape index (κ1) is 23.3. The predicted molar refractivity (Wildman–Crippen MR) is 129 cm³/mol. The van der Waals surface area contributed by atoms with Crippen LogP contribution in [0.5, 0.6) is 0 Å². The molecule has 0 saturated heterocycles. The van der Waals surface area contributed by atoms with Gasteiger partial charge in [0.2, 0.25) is 0 Å². The highest BCUT2D eigenvalue weighted by atomic mass is 16.6. The summed E-state index contributed by atoms with van der Waals surface area (Å²) in [5.41, 5.74) is 1.55. The van der Waals surface area contributed by atoms with Gasteiger partial charge < -0.3 is 14.8 Å². The van der Waals surface area contributed by atoms with Gasteiger partial charge in [-0.2, -0.15) is 0 Å². The van der Waals surface area contributed by atoms with Crippen molar-refractivity contribution in [3.63, 3.8) is 0 Å². The fourth-order valence-corrected chi connectivity index (χ4v) is 3.61. The highest BCUT2D eigenvalue weighted by molar-refractivity contribution is 5.68. The number of alkyl carbamates (subject to hydrolysis) is 1. The Balaban J connectivity index is 1.99. The van der Waals surface area contributed by atoms with Gasteiger partial charge in [0.15, 0.2) is 0 Å². The van der Waals surface area contributed by atoms with Crippen LogP contribution in [-0.4, -0.2) is 24.3 Å². The molecule has 0 bridgehead atoms. The van der Waals surface area contributed by atoms with Gasteiger partial charge in [0.25, 0.3) is 0 Å². The Labute approximate surface area is 190 Å². The van der Waals surface area contributed by atoms with E-state index in [1.54, 1.807) is 6.08 Å². The zero-order valence-electron chi connectivity index (χ0n) is 19.0. The summed E-state index contributed by atoms with van der Waals surface area (Å²) in [6.07, 6.45) is 1.16. The summed E-state index contributed by atoms with van der Waals surface area (Å²) >= 11 is 0. The molecule has 0 aliphatic heterocycles. The maximum Gasteiger partial charge on any atom is 0.408 e. The van der Waals surface area contributed by atoms with Crippen LogP contribution in [0, 0.1) is 0 Å². The lowest BCUT2D eigenvalue weighted by Crippen LogP contribution is -2.43. The molecule has 0 heterocycles. The van der Waals surface area contributed by atoms with Gasteiger partial charge in [0, 0.05) is 0 Å². The Kier molecular flexibility index (Phi) is 7.49. The molecule has 1 N–H and O–H groups in total. The molecule has 3 rings (SSSR count). The van der Waals surface area contributed by atoms with E-state index < -0.39 is 23.3 Å². The number of benzene rings is 3. The molecule has 166 valence electrons. The van der Waals surface area contributed by atoms with E-state index in [4.69, 9.17) is 9.47 Å². The van der Waals surface area contributed by atoms with Crippen molar-refractivity contribution in [3.8, 4) is 0 Å². The Bertz CT molecular complexity index is 898. The number of hydrogen-bond acceptors (Lipinski definition) is 3. The molecule has 0 spiro atoms. The second-order valence-electron chi connectivity index (χ2n) is 8.58. The molecule has 0 aromatic heterocycles. The number of carbonyl (C=O) groups is 1. The van der Waals surface area contributed by atoms with Gasteiger partial charge >= 0.3 is 6.09 Å². The molecular formula is C28H31NO3. The van der Waals surface area contributed by atoms with Crippen LogP contribution < -0.4 is 5.32 Å². The lowest BCUT2D eigenvalue weighted by atomic mass is 9.80. The number of amides is 1. The third-order valence-corrected chi connectivity index (χ3v) is 5.01. The number of carbonyl (C=O) groups excluding carboxylic acids is 1. The van der Waals surface area contributed by atoms with Crippen LogP contribution in [0.3, 0.4) is 0 Å². The molecule has 4 nitrogen and oxygen atoms in total. The van der Waals surface area contributed by atoms with Gasteiger partial charge in [-0.3, -0.25) is 0 Å². The zero-order chi connectivity index (χ0) is 23.0. The standard InChI is InChI=1S/C28H31NO3/c1-5-25(29-26(30)32-27(2,3)4)21-31-28(22-15-9-6-10-16-22,23-17-11-7-12-18-23)24-19-13-8-14-20-24/h5-20,25H,1,21H2,2-4H3,(H,29,30)/t25-/m0/s1. The van der Waals surface area contributed by atoms with E-state index >= 15 is 0 Å². The van der Waals surface area contributed by atoms with E-state index in [1.165, 1.54) is 0 Å². The second-order valence-corrected chi connectivity index (χ2v) is 8.58. The molecule has 32 heavy (non-hydrogen) atoms. The number of rotatable bonds is 8. The van der Waals surface area contributed by atoms with Crippen molar-refractivity contribution in [1.82, 2.24) is 5.32 Å². The van der Waals surface area contributed by atoms with Crippen LogP contribution in [0.2, 0.25) is 0 Å². The SMILES string of the molecule is C=C[C@@H](COC(c1ccccc1)(c1ccccc1)c1ccccc1)NC(=O)OC(C)(C)C. The molecular weight excluding hydrogens is 398 g/mol. The lowest BCUT2D eigenvalue weighted by Gasteiger charge is -2.37. The van der Waals surface area contributed by atoms with Crippen LogP contribution in [0.1, 0.15) is 37.5 Å². The highest BCUT2D eigenvalue weighted by Crippen LogP contribution is 2.40. The van der Waals surface area contributed by atoms with Gasteiger partial charge in [0.05, 0.1) is 12.6 Å². The minimum absolute atomic E-state index is 0.210. The number of nitrogens with one attached hydrogen (secondary N) is 1. The molecule has 0 aliphatic rings. The van der Waals surface area contributed by atoms with Gasteiger partial charge in [-0.15, -0.1) is 6.58 Å². The Hall–Kier alpha value is -3.37. The van der Waals surface area contributed by atoms with E-state index in [0.29, 0.717) is 0 Å². The average molecular weight is 430 g/mol.